The second-order valence-corrected chi connectivity index (χ2v) is 6.40. The van der Waals surface area contributed by atoms with Gasteiger partial charge in [0.2, 0.25) is 0 Å². The van der Waals surface area contributed by atoms with Gasteiger partial charge in [0.1, 0.15) is 6.04 Å². The van der Waals surface area contributed by atoms with Gasteiger partial charge in [-0.3, -0.25) is 4.79 Å². The number of carboxylic acids is 1. The molecule has 0 saturated heterocycles. The summed E-state index contributed by atoms with van der Waals surface area (Å²) in [7, 11) is 0. The first-order valence-corrected chi connectivity index (χ1v) is 8.16. The maximum absolute atomic E-state index is 13.5. The predicted octanol–water partition coefficient (Wildman–Crippen LogP) is 3.68. The molecule has 27 heavy (non-hydrogen) atoms. The number of alkyl halides is 11. The Balaban J connectivity index is 5.88. The lowest BCUT2D eigenvalue weighted by Gasteiger charge is -2.37. The molecule has 0 saturated carbocycles. The fourth-order valence-corrected chi connectivity index (χ4v) is 2.05. The van der Waals surface area contributed by atoms with Crippen LogP contribution in [0.1, 0.15) is 6.42 Å². The number of amides is 1. The van der Waals surface area contributed by atoms with Crippen LogP contribution in [0.2, 0.25) is 0 Å². The Hall–Kier alpha value is -1.12. The molecule has 0 unspecified atom stereocenters. The van der Waals surface area contributed by atoms with Crippen LogP contribution in [0, 0.1) is 0 Å². The predicted molar refractivity (Wildman–Crippen MR) is 73.2 cm³/mol. The number of halogens is 11. The molecule has 0 aliphatic carbocycles. The van der Waals surface area contributed by atoms with Crippen molar-refractivity contribution in [2.75, 3.05) is 12.0 Å². The van der Waals surface area contributed by atoms with E-state index in [1.807, 2.05) is 0 Å². The van der Waals surface area contributed by atoms with Gasteiger partial charge in [0.15, 0.2) is 0 Å². The molecule has 0 aliphatic heterocycles. The summed E-state index contributed by atoms with van der Waals surface area (Å²) in [6.45, 7) is 0. The molecule has 0 heterocycles. The third-order valence-electron chi connectivity index (χ3n) is 3.04. The van der Waals surface area contributed by atoms with Crippen LogP contribution in [-0.2, 0) is 9.59 Å². The largest absolute Gasteiger partial charge is 0.480 e. The summed E-state index contributed by atoms with van der Waals surface area (Å²) < 4.78 is 131. The minimum absolute atomic E-state index is 0.119. The van der Waals surface area contributed by atoms with Gasteiger partial charge in [-0.1, -0.05) is 0 Å². The molecule has 0 spiro atoms. The number of carbonyl (C=O) groups excluding carboxylic acids is 1. The normalized spacial score (nSPS) is 15.4. The van der Waals surface area contributed by atoms with Crippen molar-refractivity contribution in [2.24, 2.45) is 0 Å². The van der Waals surface area contributed by atoms with Gasteiger partial charge >= 0.3 is 35.0 Å². The summed E-state index contributed by atoms with van der Waals surface area (Å²) in [6.07, 6.45) is 0.772. The summed E-state index contributed by atoms with van der Waals surface area (Å²) >= 11 is 4.54. The summed E-state index contributed by atoms with van der Waals surface area (Å²) in [5.41, 5.74) is 0. The molecule has 2 N–H and O–H groups in total. The van der Waals surface area contributed by atoms with E-state index in [1.165, 1.54) is 6.26 Å². The van der Waals surface area contributed by atoms with E-state index in [0.29, 0.717) is 0 Å². The first-order valence-electron chi connectivity index (χ1n) is 6.39. The van der Waals surface area contributed by atoms with Gasteiger partial charge in [-0.15, -0.1) is 0 Å². The van der Waals surface area contributed by atoms with Crippen molar-refractivity contribution < 1.29 is 58.6 Å². The van der Waals surface area contributed by atoms with Crippen molar-refractivity contribution in [3.8, 4) is 0 Å². The fourth-order valence-electron chi connectivity index (χ4n) is 1.46. The molecule has 0 aliphatic rings. The van der Waals surface area contributed by atoms with Crippen molar-refractivity contribution in [2.45, 2.75) is 41.5 Å². The van der Waals surface area contributed by atoms with Gasteiger partial charge in [-0.2, -0.15) is 55.7 Å². The summed E-state index contributed by atoms with van der Waals surface area (Å²) in [5, 5.41) is 3.07. The molecule has 1 atom stereocenters. The summed E-state index contributed by atoms with van der Waals surface area (Å²) in [5.74, 6) is -34.3. The fraction of sp³-hybridized carbons (Fsp3) is 0.818. The first kappa shape index (κ1) is 25.9. The molecule has 4 nitrogen and oxygen atoms in total. The van der Waals surface area contributed by atoms with E-state index in [9.17, 15) is 53.5 Å². The Morgan fingerprint density at radius 3 is 1.74 bits per heavy atom. The van der Waals surface area contributed by atoms with Crippen molar-refractivity contribution in [3.05, 3.63) is 0 Å². The van der Waals surface area contributed by atoms with Gasteiger partial charge in [0.05, 0.1) is 0 Å². The van der Waals surface area contributed by atoms with Crippen molar-refractivity contribution in [1.82, 2.24) is 5.32 Å². The van der Waals surface area contributed by atoms with Crippen LogP contribution in [-0.4, -0.2) is 64.1 Å². The smallest absolute Gasteiger partial charge is 0.393 e. The third kappa shape index (κ3) is 4.66. The first-order chi connectivity index (χ1) is 11.8. The summed E-state index contributed by atoms with van der Waals surface area (Å²) in [6, 6.07) is -2.27. The molecular formula is C11H10ClF10NO3S. The third-order valence-corrected chi connectivity index (χ3v) is 3.92. The van der Waals surface area contributed by atoms with Gasteiger partial charge in [-0.25, -0.2) is 4.79 Å². The van der Waals surface area contributed by atoms with E-state index < -0.39 is 53.4 Å². The molecule has 0 aromatic heterocycles. The Kier molecular flexibility index (Phi) is 7.75. The number of aliphatic carboxylic acids is 1. The van der Waals surface area contributed by atoms with E-state index in [4.69, 9.17) is 5.11 Å². The Morgan fingerprint density at radius 2 is 1.41 bits per heavy atom. The lowest BCUT2D eigenvalue weighted by molar-refractivity contribution is -0.382. The molecule has 0 radical (unpaired) electrons. The van der Waals surface area contributed by atoms with Crippen molar-refractivity contribution >= 4 is 35.2 Å². The molecule has 0 aromatic carbocycles. The second kappa shape index (κ2) is 8.09. The number of nitrogens with one attached hydrogen (secondary N) is 1. The van der Waals surface area contributed by atoms with E-state index >= 15 is 0 Å². The molecular weight excluding hydrogens is 452 g/mol. The lowest BCUT2D eigenvalue weighted by Crippen LogP contribution is -2.69. The van der Waals surface area contributed by atoms with Crippen molar-refractivity contribution in [3.63, 3.8) is 0 Å². The number of carboxylic acid groups (broad SMARTS) is 1. The molecule has 0 fully saturated rings. The molecule has 1 amide bonds. The number of thioether (sulfide) groups is 1. The summed E-state index contributed by atoms with van der Waals surface area (Å²) in [4.78, 5) is 22.0. The highest BCUT2D eigenvalue weighted by Gasteiger charge is 2.87. The molecule has 0 bridgehead atoms. The van der Waals surface area contributed by atoms with Gasteiger partial charge in [0, 0.05) is 0 Å². The zero-order valence-corrected chi connectivity index (χ0v) is 14.4. The Bertz CT molecular complexity index is 569. The minimum atomic E-state index is -7.50. The van der Waals surface area contributed by atoms with Crippen LogP contribution in [0.3, 0.4) is 0 Å². The van der Waals surface area contributed by atoms with Crippen LogP contribution in [0.5, 0.6) is 0 Å². The van der Waals surface area contributed by atoms with Gasteiger partial charge in [0.25, 0.3) is 5.91 Å². The zero-order valence-electron chi connectivity index (χ0n) is 12.8. The average Bonchev–Trinajstić information content (AvgIpc) is 2.48. The highest BCUT2D eigenvalue weighted by atomic mass is 35.5. The van der Waals surface area contributed by atoms with Crippen LogP contribution in [0.4, 0.5) is 43.9 Å². The maximum atomic E-state index is 13.5. The maximum Gasteiger partial charge on any atom is 0.393 e. The van der Waals surface area contributed by atoms with Crippen LogP contribution >= 0.6 is 23.4 Å². The molecule has 160 valence electrons. The number of hydrogen-bond acceptors (Lipinski definition) is 3. The van der Waals surface area contributed by atoms with Crippen LogP contribution in [0.15, 0.2) is 0 Å². The molecule has 0 rings (SSSR count). The number of carbonyl (C=O) groups is 2. The SMILES string of the molecule is CSCC[C@@H](NC(=O)C(F)(F)C(F)(F)C(F)(F)C(F)(F)C(F)(F)Cl)C(=O)O. The lowest BCUT2D eigenvalue weighted by atomic mass is 9.97. The van der Waals surface area contributed by atoms with E-state index in [-0.39, 0.29) is 5.75 Å². The zero-order chi connectivity index (χ0) is 22.1. The average molecular weight is 462 g/mol. The van der Waals surface area contributed by atoms with Crippen molar-refractivity contribution in [1.29, 1.82) is 0 Å². The number of rotatable bonds is 10. The topological polar surface area (TPSA) is 66.4 Å². The Morgan fingerprint density at radius 1 is 0.963 bits per heavy atom. The Labute approximate surface area is 153 Å². The van der Waals surface area contributed by atoms with Crippen LogP contribution < -0.4 is 5.32 Å². The molecule has 16 heteroatoms. The monoisotopic (exact) mass is 461 g/mol. The minimum Gasteiger partial charge on any atom is -0.480 e. The van der Waals surface area contributed by atoms with Gasteiger partial charge < -0.3 is 10.4 Å². The van der Waals surface area contributed by atoms with E-state index in [2.05, 4.69) is 11.6 Å². The highest BCUT2D eigenvalue weighted by molar-refractivity contribution is 7.98. The standard InChI is InChI=1S/C11H10ClF10NO3S/c1-27-3-2-4(5(24)25)23-6(26)7(13,14)8(15,16)9(17,18)10(19,20)11(12,21)22/h4H,2-3H2,1H3,(H,23,26)(H,24,25)/t4-/m1/s1. The second-order valence-electron chi connectivity index (χ2n) is 4.94. The van der Waals surface area contributed by atoms with Crippen LogP contribution in [0.25, 0.3) is 0 Å². The van der Waals surface area contributed by atoms with E-state index in [1.54, 1.807) is 0 Å². The quantitative estimate of drug-likeness (QED) is 0.385. The molecule has 0 aromatic rings. The number of hydrogen-bond donors (Lipinski definition) is 2. The van der Waals surface area contributed by atoms with Gasteiger partial charge in [-0.05, 0) is 30.0 Å². The van der Waals surface area contributed by atoms with E-state index in [0.717, 1.165) is 17.1 Å². The highest BCUT2D eigenvalue weighted by Crippen LogP contribution is 2.57.